The summed E-state index contributed by atoms with van der Waals surface area (Å²) in [5, 5.41) is 8.56. The van der Waals surface area contributed by atoms with E-state index in [1.165, 1.54) is 6.07 Å². The molecule has 0 unspecified atom stereocenters. The summed E-state index contributed by atoms with van der Waals surface area (Å²) in [4.78, 5) is 0. The molecule has 0 aromatic heterocycles. The van der Waals surface area contributed by atoms with E-state index in [4.69, 9.17) is 15.8 Å². The minimum absolute atomic E-state index is 0.158. The van der Waals surface area contributed by atoms with Crippen LogP contribution in [0.4, 0.5) is 13.2 Å². The molecule has 3 nitrogen and oxygen atoms in total. The van der Waals surface area contributed by atoms with Crippen molar-refractivity contribution in [2.24, 2.45) is 10.3 Å². The van der Waals surface area contributed by atoms with Crippen LogP contribution in [0.15, 0.2) is 12.1 Å². The highest BCUT2D eigenvalue weighted by Gasteiger charge is 2.38. The predicted molar refractivity (Wildman–Crippen MR) is 60.3 cm³/mol. The van der Waals surface area contributed by atoms with Gasteiger partial charge in [-0.2, -0.15) is 0 Å². The molecule has 0 atom stereocenters. The summed E-state index contributed by atoms with van der Waals surface area (Å²) in [5.41, 5.74) is 0.711. The molecule has 0 saturated heterocycles. The molecule has 0 saturated carbocycles. The highest BCUT2D eigenvalue weighted by molar-refractivity contribution is 7.80. The maximum absolute atomic E-state index is 12.9. The number of rotatable bonds is 0. The molecule has 17 heavy (non-hydrogen) atoms. The lowest BCUT2D eigenvalue weighted by molar-refractivity contribution is 0.0130. The van der Waals surface area contributed by atoms with Gasteiger partial charge in [0.15, 0.2) is 11.2 Å². The van der Waals surface area contributed by atoms with Crippen LogP contribution in [0.25, 0.3) is 0 Å². The van der Waals surface area contributed by atoms with Crippen LogP contribution in [0.1, 0.15) is 11.1 Å². The number of alkyl halides is 2. The summed E-state index contributed by atoms with van der Waals surface area (Å²) in [7, 11) is 0. The topological polar surface area (TPSA) is 69.1 Å². The zero-order valence-corrected chi connectivity index (χ0v) is 10.1. The third-order valence-corrected chi connectivity index (χ3v) is 2.59. The molecule has 96 valence electrons. The van der Waals surface area contributed by atoms with E-state index in [2.05, 4.69) is 10.3 Å². The molecule has 2 rings (SSSR count). The predicted octanol–water partition coefficient (Wildman–Crippen LogP) is 1.70. The Kier molecular flexibility index (Phi) is 4.54. The summed E-state index contributed by atoms with van der Waals surface area (Å²) in [6.45, 7) is 0. The van der Waals surface area contributed by atoms with Gasteiger partial charge in [-0.15, -0.1) is 0 Å². The van der Waals surface area contributed by atoms with Crippen LogP contribution in [0.3, 0.4) is 0 Å². The van der Waals surface area contributed by atoms with Crippen molar-refractivity contribution < 1.29 is 17.4 Å². The van der Waals surface area contributed by atoms with Crippen LogP contribution in [0.2, 0.25) is 5.02 Å². The molecule has 0 spiro atoms. The number of hydrogen-bond donors (Lipinski definition) is 2. The molecule has 0 aliphatic heterocycles. The van der Waals surface area contributed by atoms with Crippen molar-refractivity contribution in [3.8, 4) is 0 Å². The van der Waals surface area contributed by atoms with E-state index in [1.54, 1.807) is 0 Å². The Hall–Kier alpha value is -0.630. The molecular formula is C9H10ClF3N2OS. The van der Waals surface area contributed by atoms with Crippen molar-refractivity contribution in [3.05, 3.63) is 34.1 Å². The second-order valence-electron chi connectivity index (χ2n) is 3.54. The molecule has 0 bridgehead atoms. The molecule has 1 aliphatic carbocycles. The van der Waals surface area contributed by atoms with Crippen molar-refractivity contribution in [2.75, 3.05) is 0 Å². The van der Waals surface area contributed by atoms with Crippen LogP contribution in [-0.4, -0.2) is 10.1 Å². The van der Waals surface area contributed by atoms with Gasteiger partial charge < -0.3 is 0 Å². The van der Waals surface area contributed by atoms with Gasteiger partial charge in [0.1, 0.15) is 5.82 Å². The Balaban J connectivity index is 0.000000317. The molecule has 1 aromatic rings. The first-order valence-electron chi connectivity index (χ1n) is 4.47. The Morgan fingerprint density at radius 3 is 2.35 bits per heavy atom. The molecule has 0 radical (unpaired) electrons. The minimum atomic E-state index is -2.76. The van der Waals surface area contributed by atoms with Gasteiger partial charge in [-0.05, 0) is 17.2 Å². The lowest BCUT2D eigenvalue weighted by Gasteiger charge is -2.04. The van der Waals surface area contributed by atoms with Gasteiger partial charge in [-0.3, -0.25) is 0 Å². The Morgan fingerprint density at radius 1 is 1.29 bits per heavy atom. The standard InChI is InChI=1S/C9H6ClF3.H4N2OS/c10-8-6-4-9(12,13)3-5(6)1-2-7(8)11;1-4(2)3/h1-2H,3-4H2;1-2H2. The summed E-state index contributed by atoms with van der Waals surface area (Å²) in [6, 6.07) is 2.50. The Labute approximate surface area is 104 Å². The lowest BCUT2D eigenvalue weighted by Crippen LogP contribution is -2.14. The van der Waals surface area contributed by atoms with E-state index < -0.39 is 29.3 Å². The van der Waals surface area contributed by atoms with E-state index in [0.29, 0.717) is 5.56 Å². The van der Waals surface area contributed by atoms with Crippen molar-refractivity contribution in [1.29, 1.82) is 0 Å². The smallest absolute Gasteiger partial charge is 0.239 e. The molecule has 4 N–H and O–H groups in total. The van der Waals surface area contributed by atoms with Gasteiger partial charge in [0.2, 0.25) is 0 Å². The van der Waals surface area contributed by atoms with Crippen LogP contribution < -0.4 is 10.3 Å². The van der Waals surface area contributed by atoms with E-state index in [9.17, 15) is 13.2 Å². The maximum Gasteiger partial charge on any atom is 0.256 e. The molecular weight excluding hydrogens is 277 g/mol. The van der Waals surface area contributed by atoms with E-state index in [0.717, 1.165) is 6.07 Å². The summed E-state index contributed by atoms with van der Waals surface area (Å²) in [5.74, 6) is -3.39. The number of benzene rings is 1. The van der Waals surface area contributed by atoms with E-state index in [1.807, 2.05) is 0 Å². The molecule has 0 amide bonds. The number of fused-ring (bicyclic) bond motifs is 1. The average Bonchev–Trinajstić information content (AvgIpc) is 2.47. The van der Waals surface area contributed by atoms with Crippen LogP contribution in [-0.2, 0) is 24.0 Å². The van der Waals surface area contributed by atoms with Gasteiger partial charge in [-0.1, -0.05) is 17.7 Å². The largest absolute Gasteiger partial charge is 0.256 e. The summed E-state index contributed by atoms with van der Waals surface area (Å²) < 4.78 is 47.7. The summed E-state index contributed by atoms with van der Waals surface area (Å²) in [6.07, 6.45) is -0.777. The highest BCUT2D eigenvalue weighted by Crippen LogP contribution is 2.38. The second-order valence-corrected chi connectivity index (χ2v) is 4.57. The fourth-order valence-corrected chi connectivity index (χ4v) is 1.84. The molecule has 0 heterocycles. The molecule has 1 aliphatic rings. The monoisotopic (exact) mass is 286 g/mol. The minimum Gasteiger partial charge on any atom is -0.239 e. The third-order valence-electron chi connectivity index (χ3n) is 2.18. The van der Waals surface area contributed by atoms with E-state index >= 15 is 0 Å². The first-order chi connectivity index (χ1) is 7.73. The normalized spacial score (nSPS) is 16.4. The SMILES string of the molecule is Fc1ccc2c(c1Cl)CC(F)(F)C2.NS(N)=O. The fraction of sp³-hybridized carbons (Fsp3) is 0.333. The Morgan fingerprint density at radius 2 is 1.82 bits per heavy atom. The van der Waals surface area contributed by atoms with Gasteiger partial charge in [0, 0.05) is 12.8 Å². The quantitative estimate of drug-likeness (QED) is 0.749. The lowest BCUT2D eigenvalue weighted by atomic mass is 10.1. The van der Waals surface area contributed by atoms with E-state index in [-0.39, 0.29) is 17.0 Å². The molecule has 8 heteroatoms. The maximum atomic E-state index is 12.9. The molecule has 1 aromatic carbocycles. The number of hydrogen-bond acceptors (Lipinski definition) is 1. The fourth-order valence-electron chi connectivity index (χ4n) is 1.59. The van der Waals surface area contributed by atoms with Gasteiger partial charge >= 0.3 is 0 Å². The van der Waals surface area contributed by atoms with Crippen LogP contribution >= 0.6 is 11.6 Å². The Bertz CT molecular complexity index is 452. The van der Waals surface area contributed by atoms with Gasteiger partial charge in [0.25, 0.3) is 5.92 Å². The van der Waals surface area contributed by atoms with Crippen LogP contribution in [0.5, 0.6) is 0 Å². The first kappa shape index (κ1) is 14.4. The van der Waals surface area contributed by atoms with Crippen molar-refractivity contribution in [2.45, 2.75) is 18.8 Å². The average molecular weight is 287 g/mol. The molecule has 0 fully saturated rings. The number of nitrogens with two attached hydrogens (primary N) is 2. The van der Waals surface area contributed by atoms with Gasteiger partial charge in [0.05, 0.1) is 5.02 Å². The van der Waals surface area contributed by atoms with Crippen molar-refractivity contribution >= 4 is 22.8 Å². The second kappa shape index (κ2) is 5.34. The van der Waals surface area contributed by atoms with Gasteiger partial charge in [-0.25, -0.2) is 27.7 Å². The van der Waals surface area contributed by atoms with Crippen molar-refractivity contribution in [1.82, 2.24) is 0 Å². The zero-order chi connectivity index (χ0) is 13.2. The summed E-state index contributed by atoms with van der Waals surface area (Å²) >= 11 is 3.95. The van der Waals surface area contributed by atoms with Crippen molar-refractivity contribution in [3.63, 3.8) is 0 Å². The first-order valence-corrected chi connectivity index (χ1v) is 6.12. The highest BCUT2D eigenvalue weighted by atomic mass is 35.5. The number of halogens is 4. The zero-order valence-electron chi connectivity index (χ0n) is 8.55. The van der Waals surface area contributed by atoms with Crippen LogP contribution in [0, 0.1) is 5.82 Å². The third kappa shape index (κ3) is 3.95.